The van der Waals surface area contributed by atoms with Gasteiger partial charge in [0.15, 0.2) is 0 Å². The van der Waals surface area contributed by atoms with Gasteiger partial charge in [-0.25, -0.2) is 0 Å². The number of Topliss-reactive ketones (excluding diaryl/α,β-unsaturated/α-hetero) is 1. The van der Waals surface area contributed by atoms with Gasteiger partial charge in [0.2, 0.25) is 5.91 Å². The number of hydrogen-bond donors (Lipinski definition) is 0. The molecule has 21 heavy (non-hydrogen) atoms. The summed E-state index contributed by atoms with van der Waals surface area (Å²) in [5.74, 6) is -0.561. The predicted octanol–water partition coefficient (Wildman–Crippen LogP) is 1.56. The highest BCUT2D eigenvalue weighted by molar-refractivity contribution is 5.92. The van der Waals surface area contributed by atoms with Crippen LogP contribution in [0.1, 0.15) is 12.5 Å². The Hall–Kier alpha value is -1.94. The van der Waals surface area contributed by atoms with Crippen LogP contribution in [0.2, 0.25) is 0 Å². The van der Waals surface area contributed by atoms with Crippen molar-refractivity contribution < 1.29 is 14.3 Å². The van der Waals surface area contributed by atoms with Gasteiger partial charge in [0.05, 0.1) is 24.5 Å². The summed E-state index contributed by atoms with van der Waals surface area (Å²) in [5, 5.41) is 0. The van der Waals surface area contributed by atoms with Crippen molar-refractivity contribution in [2.45, 2.75) is 25.2 Å². The first-order valence-electron chi connectivity index (χ1n) is 7.31. The zero-order valence-corrected chi connectivity index (χ0v) is 11.9. The van der Waals surface area contributed by atoms with Gasteiger partial charge >= 0.3 is 0 Å². The smallest absolute Gasteiger partial charge is 0.230 e. The van der Waals surface area contributed by atoms with Gasteiger partial charge < -0.3 is 9.64 Å². The topological polar surface area (TPSA) is 46.6 Å². The van der Waals surface area contributed by atoms with Crippen LogP contribution >= 0.6 is 0 Å². The standard InChI is InChI=1S/C17H17NO3/c1-11(19)14-13-7-8-17(21-13)10-18(16(20)15(14)17)9-12-5-3-2-4-6-12/h2-8,13-15H,9-10H2,1H3/t13-,14+,15+,17+/m1/s1. The first-order valence-corrected chi connectivity index (χ1v) is 7.31. The number of carbonyl (C=O) groups is 2. The van der Waals surface area contributed by atoms with Crippen LogP contribution in [0.3, 0.4) is 0 Å². The first kappa shape index (κ1) is 12.8. The maximum atomic E-state index is 12.8. The van der Waals surface area contributed by atoms with E-state index in [1.165, 1.54) is 0 Å². The number of benzene rings is 1. The monoisotopic (exact) mass is 283 g/mol. The molecule has 0 radical (unpaired) electrons. The Morgan fingerprint density at radius 3 is 2.86 bits per heavy atom. The van der Waals surface area contributed by atoms with Gasteiger partial charge in [-0.2, -0.15) is 0 Å². The van der Waals surface area contributed by atoms with Gasteiger partial charge in [0.25, 0.3) is 0 Å². The Morgan fingerprint density at radius 2 is 2.14 bits per heavy atom. The molecule has 4 heteroatoms. The van der Waals surface area contributed by atoms with Crippen molar-refractivity contribution in [2.24, 2.45) is 11.8 Å². The van der Waals surface area contributed by atoms with E-state index in [0.717, 1.165) is 5.56 Å². The minimum atomic E-state index is -0.577. The summed E-state index contributed by atoms with van der Waals surface area (Å²) in [6.07, 6.45) is 3.72. The number of nitrogens with zero attached hydrogens (tertiary/aromatic N) is 1. The summed E-state index contributed by atoms with van der Waals surface area (Å²) in [6, 6.07) is 9.91. The molecular weight excluding hydrogens is 266 g/mol. The summed E-state index contributed by atoms with van der Waals surface area (Å²) in [5.41, 5.74) is 0.521. The van der Waals surface area contributed by atoms with Crippen LogP contribution in [-0.4, -0.2) is 34.8 Å². The van der Waals surface area contributed by atoms with Crippen molar-refractivity contribution in [2.75, 3.05) is 6.54 Å². The third kappa shape index (κ3) is 1.72. The molecule has 1 amide bonds. The molecule has 4 atom stereocenters. The predicted molar refractivity (Wildman–Crippen MR) is 76.3 cm³/mol. The molecular formula is C17H17NO3. The molecule has 0 saturated carbocycles. The molecule has 3 heterocycles. The molecule has 0 aliphatic carbocycles. The van der Waals surface area contributed by atoms with Crippen LogP contribution in [0.5, 0.6) is 0 Å². The van der Waals surface area contributed by atoms with Crippen LogP contribution in [0.25, 0.3) is 0 Å². The maximum absolute atomic E-state index is 12.8. The van der Waals surface area contributed by atoms with E-state index in [0.29, 0.717) is 13.1 Å². The van der Waals surface area contributed by atoms with Gasteiger partial charge in [-0.3, -0.25) is 9.59 Å². The number of carbonyl (C=O) groups excluding carboxylic acids is 2. The molecule has 1 aromatic rings. The van der Waals surface area contributed by atoms with E-state index >= 15 is 0 Å². The second-order valence-electron chi connectivity index (χ2n) is 6.19. The van der Waals surface area contributed by atoms with Gasteiger partial charge in [0.1, 0.15) is 11.4 Å². The van der Waals surface area contributed by atoms with Gasteiger partial charge in [0, 0.05) is 6.54 Å². The number of ketones is 1. The van der Waals surface area contributed by atoms with Crippen molar-refractivity contribution >= 4 is 11.7 Å². The minimum absolute atomic E-state index is 0.0471. The average molecular weight is 283 g/mol. The Kier molecular flexibility index (Phi) is 2.60. The van der Waals surface area contributed by atoms with Gasteiger partial charge in [-0.05, 0) is 12.5 Å². The second kappa shape index (κ2) is 4.28. The molecule has 4 rings (SSSR count). The maximum Gasteiger partial charge on any atom is 0.230 e. The molecule has 2 bridgehead atoms. The largest absolute Gasteiger partial charge is 0.360 e. The Balaban J connectivity index is 1.63. The fraction of sp³-hybridized carbons (Fsp3) is 0.412. The molecule has 3 aliphatic rings. The van der Waals surface area contributed by atoms with Gasteiger partial charge in [-0.15, -0.1) is 0 Å². The number of rotatable bonds is 3. The van der Waals surface area contributed by atoms with Crippen LogP contribution in [0.15, 0.2) is 42.5 Å². The summed E-state index contributed by atoms with van der Waals surface area (Å²) in [4.78, 5) is 26.5. The molecule has 2 saturated heterocycles. The van der Waals surface area contributed by atoms with Crippen LogP contribution < -0.4 is 0 Å². The fourth-order valence-electron chi connectivity index (χ4n) is 3.98. The number of likely N-dealkylation sites (tertiary alicyclic amines) is 1. The van der Waals surface area contributed by atoms with Crippen molar-refractivity contribution in [1.82, 2.24) is 4.90 Å². The van der Waals surface area contributed by atoms with Crippen molar-refractivity contribution in [3.05, 3.63) is 48.0 Å². The number of ether oxygens (including phenoxy) is 1. The molecule has 0 unspecified atom stereocenters. The third-order valence-corrected chi connectivity index (χ3v) is 4.86. The van der Waals surface area contributed by atoms with Crippen molar-refractivity contribution in [1.29, 1.82) is 0 Å². The average Bonchev–Trinajstić information content (AvgIpc) is 3.09. The lowest BCUT2D eigenvalue weighted by molar-refractivity contribution is -0.136. The molecule has 3 aliphatic heterocycles. The molecule has 108 valence electrons. The Bertz CT molecular complexity index is 639. The highest BCUT2D eigenvalue weighted by atomic mass is 16.5. The molecule has 0 N–H and O–H groups in total. The van der Waals surface area contributed by atoms with Crippen LogP contribution in [0, 0.1) is 11.8 Å². The van der Waals surface area contributed by atoms with E-state index in [2.05, 4.69) is 0 Å². The molecule has 0 aromatic heterocycles. The van der Waals surface area contributed by atoms with Crippen molar-refractivity contribution in [3.63, 3.8) is 0 Å². The zero-order valence-electron chi connectivity index (χ0n) is 11.9. The number of amides is 1. The Labute approximate surface area is 123 Å². The summed E-state index contributed by atoms with van der Waals surface area (Å²) in [7, 11) is 0. The summed E-state index contributed by atoms with van der Waals surface area (Å²) >= 11 is 0. The lowest BCUT2D eigenvalue weighted by atomic mass is 9.75. The molecule has 1 spiro atoms. The van der Waals surface area contributed by atoms with E-state index in [4.69, 9.17) is 4.74 Å². The highest BCUT2D eigenvalue weighted by Crippen LogP contribution is 2.52. The summed E-state index contributed by atoms with van der Waals surface area (Å²) < 4.78 is 6.00. The molecule has 2 fully saturated rings. The van der Waals surface area contributed by atoms with E-state index in [-0.39, 0.29) is 29.6 Å². The van der Waals surface area contributed by atoms with E-state index in [1.807, 2.05) is 47.4 Å². The summed E-state index contributed by atoms with van der Waals surface area (Å²) in [6.45, 7) is 2.68. The number of fused-ring (bicyclic) bond motifs is 1. The molecule has 4 nitrogen and oxygen atoms in total. The second-order valence-corrected chi connectivity index (χ2v) is 6.19. The zero-order chi connectivity index (χ0) is 14.6. The van der Waals surface area contributed by atoms with Crippen LogP contribution in [-0.2, 0) is 20.9 Å². The lowest BCUT2D eigenvalue weighted by Crippen LogP contribution is -2.38. The highest BCUT2D eigenvalue weighted by Gasteiger charge is 2.65. The van der Waals surface area contributed by atoms with Crippen molar-refractivity contribution in [3.8, 4) is 0 Å². The SMILES string of the molecule is CC(=O)[C@@H]1[C@H]2C(=O)N(Cc3ccccc3)C[C@@]23C=C[C@H]1O3. The number of hydrogen-bond acceptors (Lipinski definition) is 3. The van der Waals surface area contributed by atoms with E-state index in [1.54, 1.807) is 6.92 Å². The fourth-order valence-corrected chi connectivity index (χ4v) is 3.98. The quantitative estimate of drug-likeness (QED) is 0.791. The van der Waals surface area contributed by atoms with Crippen LogP contribution in [0.4, 0.5) is 0 Å². The normalized spacial score (nSPS) is 36.3. The lowest BCUT2D eigenvalue weighted by Gasteiger charge is -2.22. The minimum Gasteiger partial charge on any atom is -0.360 e. The van der Waals surface area contributed by atoms with E-state index < -0.39 is 5.60 Å². The van der Waals surface area contributed by atoms with Gasteiger partial charge in [-0.1, -0.05) is 42.5 Å². The molecule has 1 aromatic carbocycles. The third-order valence-electron chi connectivity index (χ3n) is 4.86. The van der Waals surface area contributed by atoms with E-state index in [9.17, 15) is 9.59 Å². The Morgan fingerprint density at radius 1 is 1.38 bits per heavy atom. The first-order chi connectivity index (χ1) is 10.1.